The van der Waals surface area contributed by atoms with E-state index >= 15 is 0 Å². The lowest BCUT2D eigenvalue weighted by atomic mass is 10.1. The van der Waals surface area contributed by atoms with Crippen molar-refractivity contribution in [3.63, 3.8) is 0 Å². The zero-order valence-electron chi connectivity index (χ0n) is 10.8. The van der Waals surface area contributed by atoms with Gasteiger partial charge in [0, 0.05) is 5.38 Å². The van der Waals surface area contributed by atoms with E-state index < -0.39 is 0 Å². The third-order valence-corrected chi connectivity index (χ3v) is 4.33. The SMILES string of the molecule is Cc1cc(-c2csc3nc4ccccc4n23)ccc1F. The molecule has 0 saturated heterocycles. The highest BCUT2D eigenvalue weighted by molar-refractivity contribution is 7.15. The summed E-state index contributed by atoms with van der Waals surface area (Å²) in [5.41, 5.74) is 4.80. The van der Waals surface area contributed by atoms with Crippen molar-refractivity contribution in [2.24, 2.45) is 0 Å². The van der Waals surface area contributed by atoms with E-state index in [-0.39, 0.29) is 5.82 Å². The van der Waals surface area contributed by atoms with Crippen LogP contribution in [0.1, 0.15) is 5.56 Å². The van der Waals surface area contributed by atoms with Gasteiger partial charge in [-0.25, -0.2) is 9.37 Å². The van der Waals surface area contributed by atoms with Gasteiger partial charge in [0.15, 0.2) is 4.96 Å². The number of aromatic nitrogens is 2. The number of thiazole rings is 1. The Morgan fingerprint density at radius 1 is 1.15 bits per heavy atom. The first-order valence-electron chi connectivity index (χ1n) is 6.35. The quantitative estimate of drug-likeness (QED) is 0.496. The van der Waals surface area contributed by atoms with E-state index in [1.54, 1.807) is 18.3 Å². The van der Waals surface area contributed by atoms with Crippen molar-refractivity contribution >= 4 is 27.3 Å². The summed E-state index contributed by atoms with van der Waals surface area (Å²) in [5, 5.41) is 2.07. The van der Waals surface area contributed by atoms with Crippen LogP contribution in [-0.2, 0) is 0 Å². The van der Waals surface area contributed by atoms with E-state index in [4.69, 9.17) is 0 Å². The Morgan fingerprint density at radius 2 is 2.00 bits per heavy atom. The summed E-state index contributed by atoms with van der Waals surface area (Å²) in [6.07, 6.45) is 0. The molecule has 2 nitrogen and oxygen atoms in total. The van der Waals surface area contributed by atoms with Crippen LogP contribution in [0.2, 0.25) is 0 Å². The van der Waals surface area contributed by atoms with E-state index in [1.165, 1.54) is 6.07 Å². The van der Waals surface area contributed by atoms with Crippen molar-refractivity contribution in [3.8, 4) is 11.3 Å². The molecule has 0 saturated carbocycles. The third kappa shape index (κ3) is 1.58. The molecule has 2 aromatic carbocycles. The van der Waals surface area contributed by atoms with Crippen molar-refractivity contribution in [2.45, 2.75) is 6.92 Å². The summed E-state index contributed by atoms with van der Waals surface area (Å²) in [6, 6.07) is 13.3. The lowest BCUT2D eigenvalue weighted by Crippen LogP contribution is -1.88. The van der Waals surface area contributed by atoms with Gasteiger partial charge in [0.05, 0.1) is 16.7 Å². The molecule has 2 aromatic heterocycles. The molecule has 20 heavy (non-hydrogen) atoms. The number of benzene rings is 2. The molecule has 0 fully saturated rings. The van der Waals surface area contributed by atoms with Crippen molar-refractivity contribution < 1.29 is 4.39 Å². The van der Waals surface area contributed by atoms with Gasteiger partial charge in [-0.05, 0) is 48.4 Å². The minimum Gasteiger partial charge on any atom is -0.283 e. The van der Waals surface area contributed by atoms with E-state index in [9.17, 15) is 4.39 Å². The summed E-state index contributed by atoms with van der Waals surface area (Å²) in [5.74, 6) is -0.171. The Hall–Kier alpha value is -2.20. The summed E-state index contributed by atoms with van der Waals surface area (Å²) in [6.45, 7) is 1.79. The van der Waals surface area contributed by atoms with Crippen LogP contribution in [0.5, 0.6) is 0 Å². The van der Waals surface area contributed by atoms with Crippen LogP contribution in [0.25, 0.3) is 27.3 Å². The van der Waals surface area contributed by atoms with Gasteiger partial charge in [-0.1, -0.05) is 12.1 Å². The van der Waals surface area contributed by atoms with Crippen LogP contribution in [0.3, 0.4) is 0 Å². The average molecular weight is 282 g/mol. The monoisotopic (exact) mass is 282 g/mol. The van der Waals surface area contributed by atoms with E-state index in [2.05, 4.69) is 20.8 Å². The molecule has 0 aliphatic carbocycles. The predicted molar refractivity (Wildman–Crippen MR) is 80.7 cm³/mol. The van der Waals surface area contributed by atoms with Gasteiger partial charge in [0.1, 0.15) is 5.82 Å². The van der Waals surface area contributed by atoms with Crippen LogP contribution >= 0.6 is 11.3 Å². The van der Waals surface area contributed by atoms with E-state index in [0.29, 0.717) is 5.56 Å². The maximum Gasteiger partial charge on any atom is 0.195 e. The first-order chi connectivity index (χ1) is 9.74. The Kier molecular flexibility index (Phi) is 2.41. The second-order valence-electron chi connectivity index (χ2n) is 4.80. The Labute approximate surface area is 119 Å². The average Bonchev–Trinajstić information content (AvgIpc) is 3.00. The van der Waals surface area contributed by atoms with Gasteiger partial charge < -0.3 is 0 Å². The molecule has 0 amide bonds. The van der Waals surface area contributed by atoms with Gasteiger partial charge in [-0.15, -0.1) is 11.3 Å². The molecule has 0 N–H and O–H groups in total. The number of halogens is 1. The molecule has 0 bridgehead atoms. The summed E-state index contributed by atoms with van der Waals surface area (Å²) >= 11 is 1.60. The number of fused-ring (bicyclic) bond motifs is 3. The van der Waals surface area contributed by atoms with Gasteiger partial charge in [0.25, 0.3) is 0 Å². The van der Waals surface area contributed by atoms with Crippen molar-refractivity contribution in [1.82, 2.24) is 9.38 Å². The normalized spacial score (nSPS) is 11.5. The Bertz CT molecular complexity index is 936. The number of aryl methyl sites for hydroxylation is 1. The summed E-state index contributed by atoms with van der Waals surface area (Å²) < 4.78 is 15.6. The largest absolute Gasteiger partial charge is 0.283 e. The first-order valence-corrected chi connectivity index (χ1v) is 7.23. The van der Waals surface area contributed by atoms with Crippen molar-refractivity contribution in [2.75, 3.05) is 0 Å². The van der Waals surface area contributed by atoms with Gasteiger partial charge >= 0.3 is 0 Å². The van der Waals surface area contributed by atoms with Crippen LogP contribution in [0.4, 0.5) is 4.39 Å². The van der Waals surface area contributed by atoms with E-state index in [0.717, 1.165) is 27.3 Å². The van der Waals surface area contributed by atoms with Crippen molar-refractivity contribution in [1.29, 1.82) is 0 Å². The molecule has 2 heterocycles. The smallest absolute Gasteiger partial charge is 0.195 e. The summed E-state index contributed by atoms with van der Waals surface area (Å²) in [7, 11) is 0. The lowest BCUT2D eigenvalue weighted by Gasteiger charge is -2.03. The zero-order valence-corrected chi connectivity index (χ0v) is 11.6. The van der Waals surface area contributed by atoms with Crippen LogP contribution in [-0.4, -0.2) is 9.38 Å². The summed E-state index contributed by atoms with van der Waals surface area (Å²) in [4.78, 5) is 5.57. The fourth-order valence-corrected chi connectivity index (χ4v) is 3.39. The molecule has 0 aliphatic heterocycles. The molecule has 4 heteroatoms. The maximum atomic E-state index is 13.4. The molecular weight excluding hydrogens is 271 g/mol. The fourth-order valence-electron chi connectivity index (χ4n) is 2.48. The number of hydrogen-bond acceptors (Lipinski definition) is 2. The standard InChI is InChI=1S/C16H11FN2S/c1-10-8-11(6-7-12(10)17)15-9-20-16-18-13-4-2-3-5-14(13)19(15)16/h2-9H,1H3. The lowest BCUT2D eigenvalue weighted by molar-refractivity contribution is 0.619. The van der Waals surface area contributed by atoms with Crippen LogP contribution in [0, 0.1) is 12.7 Å². The molecule has 4 rings (SSSR count). The third-order valence-electron chi connectivity index (χ3n) is 3.50. The molecular formula is C16H11FN2S. The Balaban J connectivity index is 2.06. The molecule has 98 valence electrons. The Morgan fingerprint density at radius 3 is 2.85 bits per heavy atom. The minimum atomic E-state index is -0.171. The highest BCUT2D eigenvalue weighted by atomic mass is 32.1. The minimum absolute atomic E-state index is 0.171. The number of hydrogen-bond donors (Lipinski definition) is 0. The molecule has 0 aliphatic rings. The highest BCUT2D eigenvalue weighted by Crippen LogP contribution is 2.30. The predicted octanol–water partition coefficient (Wildman–Crippen LogP) is 4.66. The number of rotatable bonds is 1. The first kappa shape index (κ1) is 11.6. The highest BCUT2D eigenvalue weighted by Gasteiger charge is 2.12. The molecule has 0 unspecified atom stereocenters. The number of imidazole rings is 1. The van der Waals surface area contributed by atoms with Crippen LogP contribution < -0.4 is 0 Å². The molecule has 0 atom stereocenters. The van der Waals surface area contributed by atoms with E-state index in [1.807, 2.05) is 30.3 Å². The maximum absolute atomic E-state index is 13.4. The topological polar surface area (TPSA) is 17.3 Å². The second kappa shape index (κ2) is 4.15. The number of para-hydroxylation sites is 2. The van der Waals surface area contributed by atoms with Crippen LogP contribution in [0.15, 0.2) is 47.8 Å². The molecule has 0 spiro atoms. The zero-order chi connectivity index (χ0) is 13.7. The van der Waals surface area contributed by atoms with Gasteiger partial charge in [-0.3, -0.25) is 4.40 Å². The van der Waals surface area contributed by atoms with Gasteiger partial charge in [0.2, 0.25) is 0 Å². The molecule has 4 aromatic rings. The number of nitrogens with zero attached hydrogens (tertiary/aromatic N) is 2. The second-order valence-corrected chi connectivity index (χ2v) is 5.64. The molecule has 0 radical (unpaired) electrons. The van der Waals surface area contributed by atoms with Crippen molar-refractivity contribution in [3.05, 3.63) is 59.2 Å². The fraction of sp³-hybridized carbons (Fsp3) is 0.0625. The van der Waals surface area contributed by atoms with Gasteiger partial charge in [-0.2, -0.15) is 0 Å².